The number of carbonyl (C=O) groups is 1. The van der Waals surface area contributed by atoms with Gasteiger partial charge in [-0.25, -0.2) is 4.39 Å². The fourth-order valence-electron chi connectivity index (χ4n) is 2.06. The Morgan fingerprint density at radius 1 is 1.61 bits per heavy atom. The fraction of sp³-hybridized carbons (Fsp3) is 0.462. The molecule has 5 heteroatoms. The number of halogens is 1. The Morgan fingerprint density at radius 2 is 2.44 bits per heavy atom. The summed E-state index contributed by atoms with van der Waals surface area (Å²) in [7, 11) is 0. The summed E-state index contributed by atoms with van der Waals surface area (Å²) in [5.74, 6) is -0.502. The molecule has 3 N–H and O–H groups in total. The summed E-state index contributed by atoms with van der Waals surface area (Å²) < 4.78 is 13.0. The van der Waals surface area contributed by atoms with Crippen molar-refractivity contribution in [3.63, 3.8) is 0 Å². The number of aliphatic hydroxyl groups is 1. The molecule has 0 unspecified atom stereocenters. The number of amides is 1. The third-order valence-corrected chi connectivity index (χ3v) is 3.08. The van der Waals surface area contributed by atoms with E-state index in [2.05, 4.69) is 10.6 Å². The maximum absolute atomic E-state index is 13.0. The number of hydrogen-bond acceptors (Lipinski definition) is 3. The van der Waals surface area contributed by atoms with Gasteiger partial charge in [-0.3, -0.25) is 4.79 Å². The van der Waals surface area contributed by atoms with Crippen LogP contribution in [0.1, 0.15) is 24.5 Å². The van der Waals surface area contributed by atoms with Crippen LogP contribution < -0.4 is 10.6 Å². The number of rotatable bonds is 4. The number of nitrogens with one attached hydrogen (secondary N) is 2. The third-order valence-electron chi connectivity index (χ3n) is 3.08. The van der Waals surface area contributed by atoms with Crippen LogP contribution >= 0.6 is 0 Å². The summed E-state index contributed by atoms with van der Waals surface area (Å²) >= 11 is 0. The van der Waals surface area contributed by atoms with E-state index >= 15 is 0 Å². The standard InChI is InChI=1S/C13H17FN2O2/c14-10-4-1-3-9(7-10)12(17)8-16-13(18)11-5-2-6-15-11/h1,3-4,7,11-12,15,17H,2,5-6,8H2,(H,16,18)/t11-,12-/m0/s1. The molecular weight excluding hydrogens is 235 g/mol. The van der Waals surface area contributed by atoms with Gasteiger partial charge < -0.3 is 15.7 Å². The zero-order valence-corrected chi connectivity index (χ0v) is 10.0. The average molecular weight is 252 g/mol. The first-order chi connectivity index (χ1) is 8.66. The highest BCUT2D eigenvalue weighted by molar-refractivity contribution is 5.82. The molecule has 2 atom stereocenters. The highest BCUT2D eigenvalue weighted by atomic mass is 19.1. The molecule has 2 rings (SSSR count). The van der Waals surface area contributed by atoms with Crippen molar-refractivity contribution in [3.05, 3.63) is 35.6 Å². The summed E-state index contributed by atoms with van der Waals surface area (Å²) in [6.45, 7) is 0.949. The maximum atomic E-state index is 13.0. The lowest BCUT2D eigenvalue weighted by molar-refractivity contribution is -0.123. The lowest BCUT2D eigenvalue weighted by atomic mass is 10.1. The summed E-state index contributed by atoms with van der Waals surface area (Å²) in [4.78, 5) is 11.7. The molecule has 98 valence electrons. The quantitative estimate of drug-likeness (QED) is 0.740. The van der Waals surface area contributed by atoms with E-state index in [1.54, 1.807) is 6.07 Å². The van der Waals surface area contributed by atoms with Gasteiger partial charge in [-0.15, -0.1) is 0 Å². The molecule has 1 aromatic rings. The molecule has 0 radical (unpaired) electrons. The monoisotopic (exact) mass is 252 g/mol. The van der Waals surface area contributed by atoms with Gasteiger partial charge in [0.05, 0.1) is 12.1 Å². The highest BCUT2D eigenvalue weighted by Gasteiger charge is 2.22. The zero-order valence-electron chi connectivity index (χ0n) is 10.0. The summed E-state index contributed by atoms with van der Waals surface area (Å²) in [5.41, 5.74) is 0.467. The Bertz CT molecular complexity index is 419. The van der Waals surface area contributed by atoms with Crippen molar-refractivity contribution in [2.24, 2.45) is 0 Å². The first kappa shape index (κ1) is 13.0. The Morgan fingerprint density at radius 3 is 3.11 bits per heavy atom. The topological polar surface area (TPSA) is 61.4 Å². The molecule has 4 nitrogen and oxygen atoms in total. The molecule has 1 aliphatic heterocycles. The molecule has 1 heterocycles. The Hall–Kier alpha value is -1.46. The third kappa shape index (κ3) is 3.27. The van der Waals surface area contributed by atoms with Crippen molar-refractivity contribution in [2.75, 3.05) is 13.1 Å². The van der Waals surface area contributed by atoms with Crippen molar-refractivity contribution in [1.82, 2.24) is 10.6 Å². The van der Waals surface area contributed by atoms with E-state index in [4.69, 9.17) is 0 Å². The Labute approximate surface area is 105 Å². The van der Waals surface area contributed by atoms with Crippen LogP contribution in [0.2, 0.25) is 0 Å². The molecule has 18 heavy (non-hydrogen) atoms. The van der Waals surface area contributed by atoms with Crippen molar-refractivity contribution < 1.29 is 14.3 Å². The predicted octanol–water partition coefficient (Wildman–Crippen LogP) is 0.727. The molecule has 0 bridgehead atoms. The molecule has 0 aromatic heterocycles. The van der Waals surface area contributed by atoms with Gasteiger partial charge in [0, 0.05) is 6.54 Å². The van der Waals surface area contributed by atoms with Crippen LogP contribution in [0.3, 0.4) is 0 Å². The van der Waals surface area contributed by atoms with Crippen LogP contribution in [0.4, 0.5) is 4.39 Å². The van der Waals surface area contributed by atoms with E-state index in [1.165, 1.54) is 18.2 Å². The Balaban J connectivity index is 1.84. The number of hydrogen-bond donors (Lipinski definition) is 3. The molecule has 0 aliphatic carbocycles. The minimum absolute atomic E-state index is 0.0977. The number of benzene rings is 1. The molecule has 1 saturated heterocycles. The maximum Gasteiger partial charge on any atom is 0.237 e. The fourth-order valence-corrected chi connectivity index (χ4v) is 2.06. The van der Waals surface area contributed by atoms with Gasteiger partial charge >= 0.3 is 0 Å². The van der Waals surface area contributed by atoms with E-state index in [1.807, 2.05) is 0 Å². The van der Waals surface area contributed by atoms with Crippen LogP contribution in [0.15, 0.2) is 24.3 Å². The van der Waals surface area contributed by atoms with Gasteiger partial charge in [0.15, 0.2) is 0 Å². The van der Waals surface area contributed by atoms with Gasteiger partial charge in [-0.1, -0.05) is 12.1 Å². The predicted molar refractivity (Wildman–Crippen MR) is 65.4 cm³/mol. The van der Waals surface area contributed by atoms with Crippen LogP contribution in [0.5, 0.6) is 0 Å². The van der Waals surface area contributed by atoms with E-state index in [-0.39, 0.29) is 18.5 Å². The first-order valence-corrected chi connectivity index (χ1v) is 6.11. The first-order valence-electron chi connectivity index (χ1n) is 6.11. The van der Waals surface area contributed by atoms with E-state index in [0.717, 1.165) is 19.4 Å². The average Bonchev–Trinajstić information content (AvgIpc) is 2.89. The van der Waals surface area contributed by atoms with Gasteiger partial charge in [-0.05, 0) is 37.1 Å². The van der Waals surface area contributed by atoms with Gasteiger partial charge in [0.2, 0.25) is 5.91 Å². The minimum atomic E-state index is -0.883. The van der Waals surface area contributed by atoms with Crippen molar-refractivity contribution in [3.8, 4) is 0 Å². The lowest BCUT2D eigenvalue weighted by Crippen LogP contribution is -2.41. The van der Waals surface area contributed by atoms with Crippen molar-refractivity contribution in [2.45, 2.75) is 25.0 Å². The van der Waals surface area contributed by atoms with E-state index in [9.17, 15) is 14.3 Å². The summed E-state index contributed by atoms with van der Waals surface area (Å²) in [6, 6.07) is 5.59. The van der Waals surface area contributed by atoms with Crippen molar-refractivity contribution in [1.29, 1.82) is 0 Å². The second-order valence-electron chi connectivity index (χ2n) is 4.46. The SMILES string of the molecule is O=C(NC[C@H](O)c1cccc(F)c1)[C@@H]1CCCN1. The lowest BCUT2D eigenvalue weighted by Gasteiger charge is -2.15. The summed E-state index contributed by atoms with van der Waals surface area (Å²) in [5, 5.41) is 15.6. The zero-order chi connectivity index (χ0) is 13.0. The molecule has 1 fully saturated rings. The molecule has 0 spiro atoms. The smallest absolute Gasteiger partial charge is 0.237 e. The minimum Gasteiger partial charge on any atom is -0.387 e. The molecule has 1 aliphatic rings. The molecule has 1 aromatic carbocycles. The summed E-state index contributed by atoms with van der Waals surface area (Å²) in [6.07, 6.45) is 0.929. The van der Waals surface area contributed by atoms with Crippen LogP contribution in [0, 0.1) is 5.82 Å². The van der Waals surface area contributed by atoms with E-state index in [0.29, 0.717) is 5.56 Å². The number of aliphatic hydroxyl groups excluding tert-OH is 1. The highest BCUT2D eigenvalue weighted by Crippen LogP contribution is 2.13. The van der Waals surface area contributed by atoms with Crippen LogP contribution in [-0.2, 0) is 4.79 Å². The molecule has 0 saturated carbocycles. The van der Waals surface area contributed by atoms with Gasteiger partial charge in [0.25, 0.3) is 0 Å². The van der Waals surface area contributed by atoms with E-state index < -0.39 is 11.9 Å². The second-order valence-corrected chi connectivity index (χ2v) is 4.46. The number of carbonyl (C=O) groups excluding carboxylic acids is 1. The normalized spacial score (nSPS) is 20.7. The molecule has 1 amide bonds. The second kappa shape index (κ2) is 5.93. The van der Waals surface area contributed by atoms with Gasteiger partial charge in [0.1, 0.15) is 5.82 Å². The van der Waals surface area contributed by atoms with Crippen LogP contribution in [-0.4, -0.2) is 30.1 Å². The molecular formula is C13H17FN2O2. The largest absolute Gasteiger partial charge is 0.387 e. The van der Waals surface area contributed by atoms with Crippen molar-refractivity contribution >= 4 is 5.91 Å². The Kier molecular flexibility index (Phi) is 4.28. The van der Waals surface area contributed by atoms with Crippen LogP contribution in [0.25, 0.3) is 0 Å². The van der Waals surface area contributed by atoms with Gasteiger partial charge in [-0.2, -0.15) is 0 Å².